The summed E-state index contributed by atoms with van der Waals surface area (Å²) in [6.45, 7) is 6.74. The van der Waals surface area contributed by atoms with Crippen LogP contribution in [0.3, 0.4) is 0 Å². The van der Waals surface area contributed by atoms with Gasteiger partial charge in [-0.3, -0.25) is 11.3 Å². The van der Waals surface area contributed by atoms with E-state index in [9.17, 15) is 0 Å². The molecule has 1 unspecified atom stereocenters. The van der Waals surface area contributed by atoms with Crippen molar-refractivity contribution >= 4 is 0 Å². The number of nitrogens with one attached hydrogen (secondary N) is 1. The predicted octanol–water partition coefficient (Wildman–Crippen LogP) is 3.26. The topological polar surface area (TPSA) is 38.0 Å². The Labute approximate surface area is 111 Å². The van der Waals surface area contributed by atoms with Gasteiger partial charge < -0.3 is 0 Å². The Bertz CT molecular complexity index is 406. The van der Waals surface area contributed by atoms with Crippen molar-refractivity contribution in [2.75, 3.05) is 0 Å². The third-order valence-electron chi connectivity index (χ3n) is 4.72. The van der Waals surface area contributed by atoms with Crippen molar-refractivity contribution in [3.63, 3.8) is 0 Å². The van der Waals surface area contributed by atoms with Gasteiger partial charge in [0.15, 0.2) is 0 Å². The second kappa shape index (κ2) is 5.41. The Morgan fingerprint density at radius 1 is 1.28 bits per heavy atom. The fourth-order valence-electron chi connectivity index (χ4n) is 3.28. The standard InChI is InChI=1S/C16H26N2/c1-12-6-7-13(2)14(10-12)11-15(18-17)16(3)8-4-5-9-16/h6-7,10,15,18H,4-5,8-9,11,17H2,1-3H3. The Kier molecular flexibility index (Phi) is 4.08. The lowest BCUT2D eigenvalue weighted by Crippen LogP contribution is -2.47. The molecule has 1 aromatic carbocycles. The average molecular weight is 246 g/mol. The summed E-state index contributed by atoms with van der Waals surface area (Å²) in [6.07, 6.45) is 6.34. The summed E-state index contributed by atoms with van der Waals surface area (Å²) < 4.78 is 0. The zero-order valence-corrected chi connectivity index (χ0v) is 11.9. The number of benzene rings is 1. The van der Waals surface area contributed by atoms with Crippen molar-refractivity contribution in [3.05, 3.63) is 34.9 Å². The monoisotopic (exact) mass is 246 g/mol. The highest BCUT2D eigenvalue weighted by molar-refractivity contribution is 5.31. The van der Waals surface area contributed by atoms with E-state index in [-0.39, 0.29) is 0 Å². The fraction of sp³-hybridized carbons (Fsp3) is 0.625. The molecule has 100 valence electrons. The van der Waals surface area contributed by atoms with Gasteiger partial charge in [-0.25, -0.2) is 0 Å². The van der Waals surface area contributed by atoms with E-state index in [0.717, 1.165) is 6.42 Å². The molecule has 2 rings (SSSR count). The van der Waals surface area contributed by atoms with Crippen molar-refractivity contribution in [1.82, 2.24) is 5.43 Å². The smallest absolute Gasteiger partial charge is 0.0304 e. The number of aryl methyl sites for hydroxylation is 2. The molecule has 0 spiro atoms. The number of nitrogens with two attached hydrogens (primary N) is 1. The van der Waals surface area contributed by atoms with Gasteiger partial charge in [-0.2, -0.15) is 0 Å². The van der Waals surface area contributed by atoms with Crippen molar-refractivity contribution in [2.24, 2.45) is 11.3 Å². The molecular formula is C16H26N2. The molecule has 0 heterocycles. The molecule has 1 saturated carbocycles. The van der Waals surface area contributed by atoms with Crippen molar-refractivity contribution in [1.29, 1.82) is 0 Å². The molecule has 18 heavy (non-hydrogen) atoms. The summed E-state index contributed by atoms with van der Waals surface area (Å²) in [5, 5.41) is 0. The number of hydrogen-bond acceptors (Lipinski definition) is 2. The molecule has 0 bridgehead atoms. The van der Waals surface area contributed by atoms with Crippen LogP contribution in [0.15, 0.2) is 18.2 Å². The van der Waals surface area contributed by atoms with Gasteiger partial charge in [0.25, 0.3) is 0 Å². The maximum absolute atomic E-state index is 5.82. The quantitative estimate of drug-likeness (QED) is 0.632. The van der Waals surface area contributed by atoms with Crippen LogP contribution in [0.4, 0.5) is 0 Å². The fourth-order valence-corrected chi connectivity index (χ4v) is 3.28. The van der Waals surface area contributed by atoms with Gasteiger partial charge in [0.05, 0.1) is 0 Å². The molecule has 1 aromatic rings. The van der Waals surface area contributed by atoms with Gasteiger partial charge >= 0.3 is 0 Å². The number of hydrogen-bond donors (Lipinski definition) is 2. The Morgan fingerprint density at radius 3 is 2.56 bits per heavy atom. The molecule has 1 atom stereocenters. The Hall–Kier alpha value is -0.860. The maximum atomic E-state index is 5.82. The first kappa shape index (κ1) is 13.6. The zero-order chi connectivity index (χ0) is 13.2. The van der Waals surface area contributed by atoms with Gasteiger partial charge in [-0.15, -0.1) is 0 Å². The number of rotatable bonds is 4. The van der Waals surface area contributed by atoms with Crippen LogP contribution in [0.2, 0.25) is 0 Å². The van der Waals surface area contributed by atoms with Crippen LogP contribution < -0.4 is 11.3 Å². The second-order valence-corrected chi connectivity index (χ2v) is 6.21. The van der Waals surface area contributed by atoms with Crippen LogP contribution in [0, 0.1) is 19.3 Å². The summed E-state index contributed by atoms with van der Waals surface area (Å²) >= 11 is 0. The molecule has 3 N–H and O–H groups in total. The van der Waals surface area contributed by atoms with Crippen molar-refractivity contribution in [2.45, 2.75) is 58.9 Å². The minimum Gasteiger partial charge on any atom is -0.271 e. The molecule has 1 aliphatic rings. The van der Waals surface area contributed by atoms with Crippen LogP contribution in [-0.4, -0.2) is 6.04 Å². The predicted molar refractivity (Wildman–Crippen MR) is 77.3 cm³/mol. The van der Waals surface area contributed by atoms with Gasteiger partial charge in [-0.1, -0.05) is 43.5 Å². The Morgan fingerprint density at radius 2 is 1.94 bits per heavy atom. The molecule has 0 amide bonds. The van der Waals surface area contributed by atoms with Gasteiger partial charge in [-0.05, 0) is 49.7 Å². The zero-order valence-electron chi connectivity index (χ0n) is 11.9. The molecule has 0 saturated heterocycles. The van der Waals surface area contributed by atoms with E-state index in [4.69, 9.17) is 5.84 Å². The first-order valence-electron chi connectivity index (χ1n) is 7.07. The summed E-state index contributed by atoms with van der Waals surface area (Å²) in [5.41, 5.74) is 7.60. The first-order chi connectivity index (χ1) is 8.55. The van der Waals surface area contributed by atoms with Crippen LogP contribution in [0.25, 0.3) is 0 Å². The summed E-state index contributed by atoms with van der Waals surface area (Å²) in [4.78, 5) is 0. The summed E-state index contributed by atoms with van der Waals surface area (Å²) in [5.74, 6) is 5.82. The van der Waals surface area contributed by atoms with Crippen molar-refractivity contribution in [3.8, 4) is 0 Å². The third-order valence-corrected chi connectivity index (χ3v) is 4.72. The van der Waals surface area contributed by atoms with Crippen molar-refractivity contribution < 1.29 is 0 Å². The molecule has 1 fully saturated rings. The lowest BCUT2D eigenvalue weighted by molar-refractivity contribution is 0.220. The number of hydrazine groups is 1. The van der Waals surface area contributed by atoms with E-state index in [1.54, 1.807) is 0 Å². The molecule has 0 radical (unpaired) electrons. The SMILES string of the molecule is Cc1ccc(C)c(CC(NN)C2(C)CCCC2)c1. The first-order valence-corrected chi connectivity index (χ1v) is 7.07. The van der Waals surface area contributed by atoms with Gasteiger partial charge in [0.1, 0.15) is 0 Å². The highest BCUT2D eigenvalue weighted by atomic mass is 15.2. The molecule has 0 aromatic heterocycles. The Balaban J connectivity index is 2.17. The average Bonchev–Trinajstić information content (AvgIpc) is 2.78. The highest BCUT2D eigenvalue weighted by Crippen LogP contribution is 2.41. The van der Waals surface area contributed by atoms with Crippen LogP contribution in [-0.2, 0) is 6.42 Å². The summed E-state index contributed by atoms with van der Waals surface area (Å²) in [7, 11) is 0. The van der Waals surface area contributed by atoms with E-state index < -0.39 is 0 Å². The molecular weight excluding hydrogens is 220 g/mol. The second-order valence-electron chi connectivity index (χ2n) is 6.21. The van der Waals surface area contributed by atoms with E-state index in [1.165, 1.54) is 42.4 Å². The van der Waals surface area contributed by atoms with E-state index in [2.05, 4.69) is 44.4 Å². The molecule has 2 heteroatoms. The van der Waals surface area contributed by atoms with E-state index in [0.29, 0.717) is 11.5 Å². The minimum absolute atomic E-state index is 0.366. The largest absolute Gasteiger partial charge is 0.271 e. The normalized spacial score (nSPS) is 20.0. The summed E-state index contributed by atoms with van der Waals surface area (Å²) in [6, 6.07) is 7.09. The lowest BCUT2D eigenvalue weighted by Gasteiger charge is -2.34. The minimum atomic E-state index is 0.366. The van der Waals surface area contributed by atoms with E-state index >= 15 is 0 Å². The van der Waals surface area contributed by atoms with Crippen LogP contribution >= 0.6 is 0 Å². The molecule has 0 aliphatic heterocycles. The van der Waals surface area contributed by atoms with Gasteiger partial charge in [0, 0.05) is 6.04 Å². The lowest BCUT2D eigenvalue weighted by atomic mass is 9.77. The van der Waals surface area contributed by atoms with Crippen LogP contribution in [0.1, 0.15) is 49.3 Å². The molecule has 2 nitrogen and oxygen atoms in total. The third kappa shape index (κ3) is 2.76. The highest BCUT2D eigenvalue weighted by Gasteiger charge is 2.36. The maximum Gasteiger partial charge on any atom is 0.0304 e. The van der Waals surface area contributed by atoms with Crippen LogP contribution in [0.5, 0.6) is 0 Å². The van der Waals surface area contributed by atoms with Gasteiger partial charge in [0.2, 0.25) is 0 Å². The van der Waals surface area contributed by atoms with E-state index in [1.807, 2.05) is 0 Å². The molecule has 1 aliphatic carbocycles.